The molecular weight excluding hydrogens is 519 g/mol. The fourth-order valence-corrected chi connectivity index (χ4v) is 5.43. The third kappa shape index (κ3) is 5.17. The maximum atomic E-state index is 16.1. The standard InChI is InChI=1S/C29H29FN4O4S/c1-6-25(35)34-12-17(13-34)38-23-10-19-21(11-22(23)37-5)31-15-32-28(19)33-27-20(29(3,4)36)8-7-18(26(27)30)24-9-16(2)14-39-24/h6-11,14-15,17,36H,1,12-13H2,2-5H3,(H,31,32,33). The maximum absolute atomic E-state index is 16.1. The van der Waals surface area contributed by atoms with Crippen LogP contribution in [0.1, 0.15) is 25.0 Å². The van der Waals surface area contributed by atoms with Crippen LogP contribution in [0.4, 0.5) is 15.9 Å². The molecule has 10 heteroatoms. The Bertz CT molecular complexity index is 1570. The first-order valence-corrected chi connectivity index (χ1v) is 13.3. The molecule has 2 aromatic carbocycles. The van der Waals surface area contributed by atoms with E-state index in [1.54, 1.807) is 43.0 Å². The van der Waals surface area contributed by atoms with Crippen LogP contribution in [0, 0.1) is 12.7 Å². The van der Waals surface area contributed by atoms with E-state index >= 15 is 4.39 Å². The van der Waals surface area contributed by atoms with Gasteiger partial charge in [0, 0.05) is 27.5 Å². The van der Waals surface area contributed by atoms with Gasteiger partial charge in [0.05, 0.1) is 37.0 Å². The highest BCUT2D eigenvalue weighted by Crippen LogP contribution is 2.41. The van der Waals surface area contributed by atoms with E-state index in [-0.39, 0.29) is 17.7 Å². The number of aromatic nitrogens is 2. The summed E-state index contributed by atoms with van der Waals surface area (Å²) in [5.74, 6) is 0.622. The van der Waals surface area contributed by atoms with Crippen molar-refractivity contribution in [2.45, 2.75) is 32.5 Å². The summed E-state index contributed by atoms with van der Waals surface area (Å²) in [6, 6.07) is 8.80. The van der Waals surface area contributed by atoms with E-state index in [2.05, 4.69) is 21.9 Å². The summed E-state index contributed by atoms with van der Waals surface area (Å²) in [7, 11) is 1.53. The van der Waals surface area contributed by atoms with Gasteiger partial charge in [0.2, 0.25) is 5.91 Å². The highest BCUT2D eigenvalue weighted by atomic mass is 32.1. The number of carbonyl (C=O) groups is 1. The molecule has 4 aromatic rings. The lowest BCUT2D eigenvalue weighted by Gasteiger charge is -2.38. The van der Waals surface area contributed by atoms with Crippen LogP contribution in [-0.2, 0) is 10.4 Å². The number of nitrogens with one attached hydrogen (secondary N) is 1. The Morgan fingerprint density at radius 1 is 1.26 bits per heavy atom. The molecule has 1 aliphatic heterocycles. The monoisotopic (exact) mass is 548 g/mol. The van der Waals surface area contributed by atoms with Crippen molar-refractivity contribution >= 4 is 39.7 Å². The number of hydrogen-bond donors (Lipinski definition) is 2. The number of carbonyl (C=O) groups excluding carboxylic acids is 1. The molecule has 1 saturated heterocycles. The number of nitrogens with zero attached hydrogens (tertiary/aromatic N) is 3. The first kappa shape index (κ1) is 26.6. The summed E-state index contributed by atoms with van der Waals surface area (Å²) >= 11 is 1.45. The number of aliphatic hydroxyl groups is 1. The molecule has 3 heterocycles. The van der Waals surface area contributed by atoms with Crippen molar-refractivity contribution in [2.24, 2.45) is 0 Å². The van der Waals surface area contributed by atoms with Gasteiger partial charge in [-0.2, -0.15) is 0 Å². The number of benzene rings is 2. The van der Waals surface area contributed by atoms with Crippen molar-refractivity contribution in [3.63, 3.8) is 0 Å². The summed E-state index contributed by atoms with van der Waals surface area (Å²) in [4.78, 5) is 23.0. The zero-order chi connectivity index (χ0) is 27.9. The van der Waals surface area contributed by atoms with E-state index in [1.807, 2.05) is 18.4 Å². The van der Waals surface area contributed by atoms with Crippen LogP contribution < -0.4 is 14.8 Å². The zero-order valence-electron chi connectivity index (χ0n) is 22.1. The van der Waals surface area contributed by atoms with Gasteiger partial charge in [-0.25, -0.2) is 14.4 Å². The van der Waals surface area contributed by atoms with Gasteiger partial charge in [-0.15, -0.1) is 11.3 Å². The van der Waals surface area contributed by atoms with Crippen molar-refractivity contribution in [1.29, 1.82) is 0 Å². The fraction of sp³-hybridized carbons (Fsp3) is 0.276. The molecule has 0 atom stereocenters. The van der Waals surface area contributed by atoms with Gasteiger partial charge in [0.15, 0.2) is 17.3 Å². The molecule has 1 fully saturated rings. The lowest BCUT2D eigenvalue weighted by molar-refractivity contribution is -0.134. The summed E-state index contributed by atoms with van der Waals surface area (Å²) < 4.78 is 27.8. The second-order valence-corrected chi connectivity index (χ2v) is 10.9. The van der Waals surface area contributed by atoms with Gasteiger partial charge < -0.3 is 24.8 Å². The van der Waals surface area contributed by atoms with Crippen molar-refractivity contribution in [3.05, 3.63) is 71.6 Å². The van der Waals surface area contributed by atoms with Crippen LogP contribution in [0.3, 0.4) is 0 Å². The molecule has 2 aromatic heterocycles. The molecule has 1 amide bonds. The van der Waals surface area contributed by atoms with Crippen LogP contribution in [0.25, 0.3) is 21.3 Å². The van der Waals surface area contributed by atoms with Crippen molar-refractivity contribution in [2.75, 3.05) is 25.5 Å². The second kappa shape index (κ2) is 10.3. The van der Waals surface area contributed by atoms with Crippen LogP contribution in [0.2, 0.25) is 0 Å². The smallest absolute Gasteiger partial charge is 0.246 e. The molecule has 8 nitrogen and oxygen atoms in total. The number of aryl methyl sites for hydroxylation is 1. The minimum absolute atomic E-state index is 0.127. The van der Waals surface area contributed by atoms with E-state index in [4.69, 9.17) is 9.47 Å². The Hall–Kier alpha value is -4.02. The first-order chi connectivity index (χ1) is 18.6. The number of methoxy groups -OCH3 is 1. The third-order valence-electron chi connectivity index (χ3n) is 6.59. The molecule has 202 valence electrons. The van der Waals surface area contributed by atoms with Gasteiger partial charge in [0.1, 0.15) is 18.2 Å². The number of amides is 1. The van der Waals surface area contributed by atoms with E-state index in [0.717, 1.165) is 10.4 Å². The molecule has 0 radical (unpaired) electrons. The predicted octanol–water partition coefficient (Wildman–Crippen LogP) is 5.56. The van der Waals surface area contributed by atoms with Crippen molar-refractivity contribution in [1.82, 2.24) is 14.9 Å². The number of hydrogen-bond acceptors (Lipinski definition) is 8. The Morgan fingerprint density at radius 2 is 2.03 bits per heavy atom. The third-order valence-corrected chi connectivity index (χ3v) is 7.67. The topological polar surface area (TPSA) is 96.8 Å². The number of fused-ring (bicyclic) bond motifs is 1. The van der Waals surface area contributed by atoms with E-state index in [9.17, 15) is 9.90 Å². The second-order valence-electron chi connectivity index (χ2n) is 9.95. The van der Waals surface area contributed by atoms with Gasteiger partial charge in [-0.05, 0) is 49.9 Å². The average molecular weight is 549 g/mol. The highest BCUT2D eigenvalue weighted by molar-refractivity contribution is 7.13. The van der Waals surface area contributed by atoms with E-state index in [1.165, 1.54) is 30.8 Å². The average Bonchev–Trinajstić information content (AvgIpc) is 3.31. The number of thiophene rings is 1. The molecule has 0 saturated carbocycles. The number of ether oxygens (including phenoxy) is 2. The zero-order valence-corrected chi connectivity index (χ0v) is 22.9. The Morgan fingerprint density at radius 3 is 2.67 bits per heavy atom. The van der Waals surface area contributed by atoms with Crippen molar-refractivity contribution in [3.8, 4) is 21.9 Å². The SMILES string of the molecule is C=CC(=O)N1CC(Oc2cc3c(Nc4c(C(C)(C)O)ccc(-c5cc(C)cs5)c4F)ncnc3cc2OC)C1. The van der Waals surface area contributed by atoms with Crippen LogP contribution in [0.15, 0.2) is 54.7 Å². The molecule has 0 aliphatic carbocycles. The molecule has 5 rings (SSSR count). The normalized spacial score (nSPS) is 13.7. The largest absolute Gasteiger partial charge is 0.493 e. The quantitative estimate of drug-likeness (QED) is 0.278. The van der Waals surface area contributed by atoms with Gasteiger partial charge in [-0.1, -0.05) is 18.7 Å². The minimum Gasteiger partial charge on any atom is -0.493 e. The molecule has 39 heavy (non-hydrogen) atoms. The number of halogens is 1. The van der Waals surface area contributed by atoms with Gasteiger partial charge in [-0.3, -0.25) is 4.79 Å². The lowest BCUT2D eigenvalue weighted by atomic mass is 9.94. The van der Waals surface area contributed by atoms with Gasteiger partial charge >= 0.3 is 0 Å². The summed E-state index contributed by atoms with van der Waals surface area (Å²) in [5, 5.41) is 16.5. The predicted molar refractivity (Wildman–Crippen MR) is 150 cm³/mol. The fourth-order valence-electron chi connectivity index (χ4n) is 4.51. The molecular formula is C29H29FN4O4S. The number of likely N-dealkylation sites (tertiary alicyclic amines) is 1. The van der Waals surface area contributed by atoms with Crippen LogP contribution >= 0.6 is 11.3 Å². The lowest BCUT2D eigenvalue weighted by Crippen LogP contribution is -2.55. The van der Waals surface area contributed by atoms with Crippen LogP contribution in [-0.4, -0.2) is 52.2 Å². The Labute approximate surface area is 229 Å². The molecule has 0 spiro atoms. The van der Waals surface area contributed by atoms with E-state index < -0.39 is 11.4 Å². The number of rotatable bonds is 8. The molecule has 0 unspecified atom stereocenters. The number of anilines is 2. The summed E-state index contributed by atoms with van der Waals surface area (Å²) in [5.41, 5.74) is 1.21. The van der Waals surface area contributed by atoms with Crippen LogP contribution in [0.5, 0.6) is 11.5 Å². The van der Waals surface area contributed by atoms with E-state index in [0.29, 0.717) is 52.4 Å². The summed E-state index contributed by atoms with van der Waals surface area (Å²) in [6.07, 6.45) is 2.44. The Balaban J connectivity index is 1.55. The molecule has 1 aliphatic rings. The van der Waals surface area contributed by atoms with Crippen molar-refractivity contribution < 1.29 is 23.8 Å². The minimum atomic E-state index is -1.33. The first-order valence-electron chi connectivity index (χ1n) is 12.4. The molecule has 2 N–H and O–H groups in total. The summed E-state index contributed by atoms with van der Waals surface area (Å²) in [6.45, 7) is 9.54. The van der Waals surface area contributed by atoms with Gasteiger partial charge in [0.25, 0.3) is 0 Å². The maximum Gasteiger partial charge on any atom is 0.246 e. The molecule has 0 bridgehead atoms. The highest BCUT2D eigenvalue weighted by Gasteiger charge is 2.32. The Kier molecular flexibility index (Phi) is 7.00.